The van der Waals surface area contributed by atoms with E-state index in [1.807, 2.05) is 0 Å². The number of nitrogens with zero attached hydrogens (tertiary/aromatic N) is 3. The van der Waals surface area contributed by atoms with Crippen LogP contribution < -0.4 is 5.32 Å². The summed E-state index contributed by atoms with van der Waals surface area (Å²) in [6.45, 7) is 3.15. The van der Waals surface area contributed by atoms with Crippen molar-refractivity contribution in [1.82, 2.24) is 20.4 Å². The molecule has 2 unspecified atom stereocenters. The van der Waals surface area contributed by atoms with Gasteiger partial charge in [-0.25, -0.2) is 0 Å². The Morgan fingerprint density at radius 2 is 2.14 bits per heavy atom. The van der Waals surface area contributed by atoms with Gasteiger partial charge in [-0.15, -0.1) is 0 Å². The van der Waals surface area contributed by atoms with Crippen molar-refractivity contribution in [3.63, 3.8) is 0 Å². The molecule has 1 saturated heterocycles. The van der Waals surface area contributed by atoms with Gasteiger partial charge in [0.15, 0.2) is 0 Å². The normalized spacial score (nSPS) is 27.0. The Hall–Kier alpha value is -1.72. The van der Waals surface area contributed by atoms with E-state index in [-0.39, 0.29) is 0 Å². The molecule has 0 bridgehead atoms. The second kappa shape index (κ2) is 5.18. The van der Waals surface area contributed by atoms with Gasteiger partial charge in [0.2, 0.25) is 11.7 Å². The zero-order chi connectivity index (χ0) is 15.2. The number of hydrogen-bond acceptors (Lipinski definition) is 5. The third kappa shape index (κ3) is 2.44. The Kier molecular flexibility index (Phi) is 3.27. The minimum atomic E-state index is 0.402. The summed E-state index contributed by atoms with van der Waals surface area (Å²) in [7, 11) is 4.14. The average molecular weight is 298 g/mol. The van der Waals surface area contributed by atoms with Crippen LogP contribution in [0.5, 0.6) is 0 Å². The van der Waals surface area contributed by atoms with Crippen molar-refractivity contribution in [3.05, 3.63) is 35.7 Å². The molecule has 4 rings (SSSR count). The molecule has 2 heterocycles. The Balaban J connectivity index is 1.50. The highest BCUT2D eigenvalue weighted by Crippen LogP contribution is 2.62. The third-order valence-corrected chi connectivity index (χ3v) is 4.92. The van der Waals surface area contributed by atoms with Crippen molar-refractivity contribution in [2.24, 2.45) is 5.41 Å². The first-order valence-corrected chi connectivity index (χ1v) is 7.95. The molecule has 5 heteroatoms. The van der Waals surface area contributed by atoms with Crippen molar-refractivity contribution in [2.45, 2.75) is 25.3 Å². The number of aromatic nitrogens is 2. The lowest BCUT2D eigenvalue weighted by atomic mass is 10.0. The van der Waals surface area contributed by atoms with E-state index in [2.05, 4.69) is 58.7 Å². The predicted molar refractivity (Wildman–Crippen MR) is 84.4 cm³/mol. The van der Waals surface area contributed by atoms with Crippen LogP contribution in [0.2, 0.25) is 0 Å². The fourth-order valence-corrected chi connectivity index (χ4v) is 3.55. The van der Waals surface area contributed by atoms with Gasteiger partial charge in [0, 0.05) is 24.6 Å². The molecule has 22 heavy (non-hydrogen) atoms. The Labute approximate surface area is 130 Å². The number of benzene rings is 1. The summed E-state index contributed by atoms with van der Waals surface area (Å²) < 4.78 is 5.53. The molecule has 1 N–H and O–H groups in total. The molecule has 1 aromatic heterocycles. The molecule has 1 aliphatic carbocycles. The maximum atomic E-state index is 5.53. The van der Waals surface area contributed by atoms with Crippen molar-refractivity contribution < 1.29 is 4.52 Å². The van der Waals surface area contributed by atoms with Crippen molar-refractivity contribution in [1.29, 1.82) is 0 Å². The van der Waals surface area contributed by atoms with E-state index >= 15 is 0 Å². The van der Waals surface area contributed by atoms with Gasteiger partial charge in [0.1, 0.15) is 0 Å². The highest BCUT2D eigenvalue weighted by atomic mass is 16.5. The third-order valence-electron chi connectivity index (χ3n) is 4.92. The zero-order valence-electron chi connectivity index (χ0n) is 13.2. The second-order valence-electron chi connectivity index (χ2n) is 6.94. The van der Waals surface area contributed by atoms with Gasteiger partial charge in [0.25, 0.3) is 0 Å². The summed E-state index contributed by atoms with van der Waals surface area (Å²) >= 11 is 0. The molecule has 0 amide bonds. The molecule has 2 aromatic rings. The van der Waals surface area contributed by atoms with E-state index < -0.39 is 0 Å². The van der Waals surface area contributed by atoms with Crippen LogP contribution in [0.1, 0.15) is 30.2 Å². The topological polar surface area (TPSA) is 54.2 Å². The molecule has 116 valence electrons. The SMILES string of the molecule is CN(C)Cc1ccc(-c2noc(C3CC34CCNC4)n2)cc1. The fraction of sp³-hybridized carbons (Fsp3) is 0.529. The van der Waals surface area contributed by atoms with Crippen LogP contribution in [0.3, 0.4) is 0 Å². The van der Waals surface area contributed by atoms with Gasteiger partial charge < -0.3 is 14.7 Å². The lowest BCUT2D eigenvalue weighted by Crippen LogP contribution is -2.10. The first-order valence-electron chi connectivity index (χ1n) is 7.95. The molecule has 2 aliphatic rings. The summed E-state index contributed by atoms with van der Waals surface area (Å²) in [5.74, 6) is 1.98. The molecule has 1 aliphatic heterocycles. The first-order chi connectivity index (χ1) is 10.7. The molecule has 1 aromatic carbocycles. The number of nitrogens with one attached hydrogen (secondary N) is 1. The standard InChI is InChI=1S/C17H22N4O/c1-21(2)10-12-3-5-13(6-4-12)15-19-16(22-20-15)14-9-17(14)7-8-18-11-17/h3-6,14,18H,7-11H2,1-2H3. The van der Waals surface area contributed by atoms with E-state index in [9.17, 15) is 0 Å². The van der Waals surface area contributed by atoms with Gasteiger partial charge in [-0.2, -0.15) is 4.98 Å². The van der Waals surface area contributed by atoms with Crippen LogP contribution in [-0.4, -0.2) is 42.2 Å². The van der Waals surface area contributed by atoms with Crippen LogP contribution in [0.25, 0.3) is 11.4 Å². The molecular weight excluding hydrogens is 276 g/mol. The molecule has 2 fully saturated rings. The lowest BCUT2D eigenvalue weighted by molar-refractivity contribution is 0.364. The largest absolute Gasteiger partial charge is 0.339 e. The maximum absolute atomic E-state index is 5.53. The zero-order valence-corrected chi connectivity index (χ0v) is 13.2. The van der Waals surface area contributed by atoms with Gasteiger partial charge in [-0.3, -0.25) is 0 Å². The molecule has 1 saturated carbocycles. The Morgan fingerprint density at radius 3 is 2.82 bits per heavy atom. The van der Waals surface area contributed by atoms with E-state index in [1.54, 1.807) is 0 Å². The minimum absolute atomic E-state index is 0.402. The lowest BCUT2D eigenvalue weighted by Gasteiger charge is -2.09. The quantitative estimate of drug-likeness (QED) is 0.938. The molecular formula is C17H22N4O. The van der Waals surface area contributed by atoms with Crippen LogP contribution >= 0.6 is 0 Å². The van der Waals surface area contributed by atoms with Crippen LogP contribution in [0.4, 0.5) is 0 Å². The van der Waals surface area contributed by atoms with E-state index in [1.165, 1.54) is 18.4 Å². The summed E-state index contributed by atoms with van der Waals surface area (Å²) in [5, 5.41) is 7.62. The van der Waals surface area contributed by atoms with Gasteiger partial charge in [0.05, 0.1) is 0 Å². The van der Waals surface area contributed by atoms with Gasteiger partial charge in [-0.05, 0) is 44.5 Å². The monoisotopic (exact) mass is 298 g/mol. The molecule has 2 atom stereocenters. The average Bonchev–Trinajstić information content (AvgIpc) is 2.87. The minimum Gasteiger partial charge on any atom is -0.339 e. The molecule has 5 nitrogen and oxygen atoms in total. The maximum Gasteiger partial charge on any atom is 0.230 e. The van der Waals surface area contributed by atoms with E-state index in [0.717, 1.165) is 31.1 Å². The smallest absolute Gasteiger partial charge is 0.230 e. The second-order valence-corrected chi connectivity index (χ2v) is 6.94. The predicted octanol–water partition coefficient (Wildman–Crippen LogP) is 2.27. The molecule has 0 radical (unpaired) electrons. The molecule has 1 spiro atoms. The first kappa shape index (κ1) is 13.9. The summed E-state index contributed by atoms with van der Waals surface area (Å²) in [5.41, 5.74) is 2.71. The van der Waals surface area contributed by atoms with E-state index in [0.29, 0.717) is 17.2 Å². The van der Waals surface area contributed by atoms with Crippen molar-refractivity contribution in [3.8, 4) is 11.4 Å². The van der Waals surface area contributed by atoms with Gasteiger partial charge >= 0.3 is 0 Å². The van der Waals surface area contributed by atoms with Crippen molar-refractivity contribution >= 4 is 0 Å². The summed E-state index contributed by atoms with van der Waals surface area (Å²) in [6.07, 6.45) is 2.41. The van der Waals surface area contributed by atoms with Crippen molar-refractivity contribution in [2.75, 3.05) is 27.2 Å². The summed E-state index contributed by atoms with van der Waals surface area (Å²) in [6, 6.07) is 8.41. The van der Waals surface area contributed by atoms with Crippen LogP contribution in [0, 0.1) is 5.41 Å². The number of hydrogen-bond donors (Lipinski definition) is 1. The fourth-order valence-electron chi connectivity index (χ4n) is 3.55. The van der Waals surface area contributed by atoms with Crippen LogP contribution in [-0.2, 0) is 6.54 Å². The van der Waals surface area contributed by atoms with E-state index in [4.69, 9.17) is 4.52 Å². The highest BCUT2D eigenvalue weighted by Gasteiger charge is 2.58. The Bertz CT molecular complexity index is 656. The summed E-state index contributed by atoms with van der Waals surface area (Å²) in [4.78, 5) is 6.79. The Morgan fingerprint density at radius 1 is 1.32 bits per heavy atom. The number of rotatable bonds is 4. The van der Waals surface area contributed by atoms with Gasteiger partial charge in [-0.1, -0.05) is 29.4 Å². The van der Waals surface area contributed by atoms with Crippen LogP contribution in [0.15, 0.2) is 28.8 Å². The highest BCUT2D eigenvalue weighted by molar-refractivity contribution is 5.54.